The number of piperazine rings is 1. The van der Waals surface area contributed by atoms with Gasteiger partial charge >= 0.3 is 0 Å². The van der Waals surface area contributed by atoms with E-state index in [1.54, 1.807) is 0 Å². The SMILES string of the molecule is CC(C)N1CCN(S(=O)(=O)c2cc(Br)ccc2[N+](=O)[O-])CC1. The Bertz CT molecular complexity index is 670. The molecule has 0 spiro atoms. The van der Waals surface area contributed by atoms with E-state index in [2.05, 4.69) is 34.7 Å². The van der Waals surface area contributed by atoms with Crippen LogP contribution in [0.1, 0.15) is 13.8 Å². The van der Waals surface area contributed by atoms with E-state index in [9.17, 15) is 18.5 Å². The molecular formula is C13H18BrN3O4S. The van der Waals surface area contributed by atoms with Crippen molar-refractivity contribution >= 4 is 31.6 Å². The van der Waals surface area contributed by atoms with Crippen LogP contribution in [0.5, 0.6) is 0 Å². The summed E-state index contributed by atoms with van der Waals surface area (Å²) in [7, 11) is -3.87. The summed E-state index contributed by atoms with van der Waals surface area (Å²) < 4.78 is 27.3. The minimum atomic E-state index is -3.87. The first-order chi connectivity index (χ1) is 10.2. The fraction of sp³-hybridized carbons (Fsp3) is 0.538. The lowest BCUT2D eigenvalue weighted by atomic mass is 10.3. The van der Waals surface area contributed by atoms with E-state index in [0.717, 1.165) is 0 Å². The second kappa shape index (κ2) is 6.61. The summed E-state index contributed by atoms with van der Waals surface area (Å²) in [5.41, 5.74) is -0.394. The fourth-order valence-electron chi connectivity index (χ4n) is 2.44. The number of nitrogens with zero attached hydrogens (tertiary/aromatic N) is 3. The molecule has 0 bridgehead atoms. The molecule has 0 atom stereocenters. The number of benzene rings is 1. The van der Waals surface area contributed by atoms with Gasteiger partial charge in [-0.1, -0.05) is 15.9 Å². The maximum Gasteiger partial charge on any atom is 0.289 e. The van der Waals surface area contributed by atoms with Gasteiger partial charge in [-0.15, -0.1) is 0 Å². The molecule has 0 radical (unpaired) electrons. The van der Waals surface area contributed by atoms with E-state index in [-0.39, 0.29) is 4.90 Å². The first kappa shape index (κ1) is 17.3. The van der Waals surface area contributed by atoms with Crippen molar-refractivity contribution in [3.05, 3.63) is 32.8 Å². The molecule has 0 aliphatic carbocycles. The molecule has 1 aromatic carbocycles. The predicted octanol–water partition coefficient (Wildman–Crippen LogP) is 2.07. The molecule has 0 aromatic heterocycles. The van der Waals surface area contributed by atoms with E-state index >= 15 is 0 Å². The Kier molecular flexibility index (Phi) is 5.21. The highest BCUT2D eigenvalue weighted by atomic mass is 79.9. The normalized spacial score (nSPS) is 17.8. The molecule has 9 heteroatoms. The van der Waals surface area contributed by atoms with Gasteiger partial charge in [-0.2, -0.15) is 4.31 Å². The third kappa shape index (κ3) is 3.48. The Morgan fingerprint density at radius 3 is 2.32 bits per heavy atom. The lowest BCUT2D eigenvalue weighted by Crippen LogP contribution is -2.50. The summed E-state index contributed by atoms with van der Waals surface area (Å²) in [6.07, 6.45) is 0. The molecule has 7 nitrogen and oxygen atoms in total. The van der Waals surface area contributed by atoms with Crippen molar-refractivity contribution in [3.63, 3.8) is 0 Å². The molecule has 0 N–H and O–H groups in total. The smallest absolute Gasteiger partial charge is 0.289 e. The van der Waals surface area contributed by atoms with Crippen molar-refractivity contribution in [2.24, 2.45) is 0 Å². The lowest BCUT2D eigenvalue weighted by Gasteiger charge is -2.36. The van der Waals surface area contributed by atoms with Crippen LogP contribution in [-0.4, -0.2) is 54.8 Å². The Morgan fingerprint density at radius 2 is 1.82 bits per heavy atom. The maximum absolute atomic E-state index is 12.7. The lowest BCUT2D eigenvalue weighted by molar-refractivity contribution is -0.387. The van der Waals surface area contributed by atoms with Crippen LogP contribution < -0.4 is 0 Å². The monoisotopic (exact) mass is 391 g/mol. The standard InChI is InChI=1S/C13H18BrN3O4S/c1-10(2)15-5-7-16(8-6-15)22(20,21)13-9-11(14)3-4-12(13)17(18)19/h3-4,9-10H,5-8H2,1-2H3. The molecule has 22 heavy (non-hydrogen) atoms. The van der Waals surface area contributed by atoms with Crippen molar-refractivity contribution in [2.75, 3.05) is 26.2 Å². The number of sulfonamides is 1. The molecule has 1 fully saturated rings. The Hall–Kier alpha value is -1.03. The van der Waals surface area contributed by atoms with Crippen molar-refractivity contribution < 1.29 is 13.3 Å². The van der Waals surface area contributed by atoms with Crippen molar-refractivity contribution in [3.8, 4) is 0 Å². The third-order valence-electron chi connectivity index (χ3n) is 3.74. The predicted molar refractivity (Wildman–Crippen MR) is 86.3 cm³/mol. The van der Waals surface area contributed by atoms with Gasteiger partial charge in [-0.3, -0.25) is 15.0 Å². The molecule has 1 heterocycles. The number of hydrogen-bond donors (Lipinski definition) is 0. The Morgan fingerprint density at radius 1 is 1.23 bits per heavy atom. The van der Waals surface area contributed by atoms with Gasteiger partial charge in [-0.05, 0) is 26.0 Å². The zero-order valence-corrected chi connectivity index (χ0v) is 14.8. The molecule has 1 aromatic rings. The molecule has 2 rings (SSSR count). The van der Waals surface area contributed by atoms with Crippen LogP contribution in [0.25, 0.3) is 0 Å². The van der Waals surface area contributed by atoms with E-state index in [1.807, 2.05) is 0 Å². The number of nitro groups is 1. The van der Waals surface area contributed by atoms with Crippen LogP contribution in [0.3, 0.4) is 0 Å². The maximum atomic E-state index is 12.7. The number of rotatable bonds is 4. The molecule has 1 aliphatic rings. The molecule has 1 saturated heterocycles. The zero-order valence-electron chi connectivity index (χ0n) is 12.4. The van der Waals surface area contributed by atoms with Gasteiger partial charge in [0, 0.05) is 42.8 Å². The first-order valence-electron chi connectivity index (χ1n) is 6.91. The molecule has 0 saturated carbocycles. The van der Waals surface area contributed by atoms with Gasteiger partial charge in [0.25, 0.3) is 5.69 Å². The average molecular weight is 392 g/mol. The van der Waals surface area contributed by atoms with E-state index < -0.39 is 20.6 Å². The van der Waals surface area contributed by atoms with Crippen molar-refractivity contribution in [2.45, 2.75) is 24.8 Å². The second-order valence-corrected chi connectivity index (χ2v) is 8.22. The minimum absolute atomic E-state index is 0.259. The molecule has 0 unspecified atom stereocenters. The largest absolute Gasteiger partial charge is 0.298 e. The van der Waals surface area contributed by atoms with E-state index in [0.29, 0.717) is 36.7 Å². The molecule has 1 aliphatic heterocycles. The molecule has 0 amide bonds. The summed E-state index contributed by atoms with van der Waals surface area (Å²) in [4.78, 5) is 12.4. The molecule has 122 valence electrons. The highest BCUT2D eigenvalue weighted by Crippen LogP contribution is 2.30. The van der Waals surface area contributed by atoms with Gasteiger partial charge in [-0.25, -0.2) is 8.42 Å². The summed E-state index contributed by atoms with van der Waals surface area (Å²) in [5, 5.41) is 11.1. The summed E-state index contributed by atoms with van der Waals surface area (Å²) >= 11 is 3.18. The van der Waals surface area contributed by atoms with Crippen molar-refractivity contribution in [1.82, 2.24) is 9.21 Å². The quantitative estimate of drug-likeness (QED) is 0.579. The Balaban J connectivity index is 2.32. The Labute approximate surface area is 138 Å². The highest BCUT2D eigenvalue weighted by molar-refractivity contribution is 9.10. The number of nitro benzene ring substituents is 1. The van der Waals surface area contributed by atoms with E-state index in [1.165, 1.54) is 22.5 Å². The van der Waals surface area contributed by atoms with Gasteiger partial charge in [0.1, 0.15) is 0 Å². The second-order valence-electron chi connectivity index (χ2n) is 5.40. The number of hydrogen-bond acceptors (Lipinski definition) is 5. The topological polar surface area (TPSA) is 83.8 Å². The van der Waals surface area contributed by atoms with Gasteiger partial charge in [0.15, 0.2) is 4.90 Å². The van der Waals surface area contributed by atoms with Gasteiger partial charge in [0.2, 0.25) is 10.0 Å². The van der Waals surface area contributed by atoms with Crippen molar-refractivity contribution in [1.29, 1.82) is 0 Å². The van der Waals surface area contributed by atoms with E-state index in [4.69, 9.17) is 0 Å². The number of halogens is 1. The van der Waals surface area contributed by atoms with Crippen LogP contribution >= 0.6 is 15.9 Å². The zero-order chi connectivity index (χ0) is 16.5. The van der Waals surface area contributed by atoms with Crippen LogP contribution in [0, 0.1) is 10.1 Å². The van der Waals surface area contributed by atoms with Crippen LogP contribution in [0.4, 0.5) is 5.69 Å². The fourth-order valence-corrected chi connectivity index (χ4v) is 4.56. The van der Waals surface area contributed by atoms with Crippen LogP contribution in [-0.2, 0) is 10.0 Å². The molecular weight excluding hydrogens is 374 g/mol. The van der Waals surface area contributed by atoms with Crippen LogP contribution in [0.15, 0.2) is 27.6 Å². The summed E-state index contributed by atoms with van der Waals surface area (Å²) in [5.74, 6) is 0. The van der Waals surface area contributed by atoms with Crippen LogP contribution in [0.2, 0.25) is 0 Å². The highest BCUT2D eigenvalue weighted by Gasteiger charge is 2.34. The summed E-state index contributed by atoms with van der Waals surface area (Å²) in [6, 6.07) is 4.32. The third-order valence-corrected chi connectivity index (χ3v) is 6.16. The van der Waals surface area contributed by atoms with Gasteiger partial charge < -0.3 is 0 Å². The minimum Gasteiger partial charge on any atom is -0.298 e. The first-order valence-corrected chi connectivity index (χ1v) is 9.15. The van der Waals surface area contributed by atoms with Gasteiger partial charge in [0.05, 0.1) is 4.92 Å². The average Bonchev–Trinajstić information content (AvgIpc) is 2.46. The summed E-state index contributed by atoms with van der Waals surface area (Å²) in [6.45, 7) is 6.04.